The number of carbonyl (C=O) groups is 1. The van der Waals surface area contributed by atoms with Gasteiger partial charge in [0.05, 0.1) is 22.3 Å². The van der Waals surface area contributed by atoms with E-state index < -0.39 is 0 Å². The fraction of sp³-hybridized carbons (Fsp3) is 0.429. The first-order valence-corrected chi connectivity index (χ1v) is 6.81. The topological polar surface area (TPSA) is 32.7 Å². The SMILES string of the molecule is O=C1C2CCCCCC2=NN1c1ccccc1Cl. The van der Waals surface area contributed by atoms with E-state index in [0.717, 1.165) is 31.4 Å². The lowest BCUT2D eigenvalue weighted by Gasteiger charge is -2.15. The second-order valence-electron chi connectivity index (χ2n) is 4.84. The third-order valence-electron chi connectivity index (χ3n) is 3.64. The van der Waals surface area contributed by atoms with E-state index in [1.165, 1.54) is 11.4 Å². The molecule has 0 bridgehead atoms. The highest BCUT2D eigenvalue weighted by Gasteiger charge is 2.37. The number of carbonyl (C=O) groups excluding carboxylic acids is 1. The lowest BCUT2D eigenvalue weighted by Crippen LogP contribution is -2.27. The molecule has 1 saturated carbocycles. The number of hydrogen-bond donors (Lipinski definition) is 0. The number of hydrogen-bond acceptors (Lipinski definition) is 2. The van der Waals surface area contributed by atoms with Crippen molar-refractivity contribution < 1.29 is 4.79 Å². The maximum absolute atomic E-state index is 12.4. The van der Waals surface area contributed by atoms with E-state index in [2.05, 4.69) is 5.10 Å². The van der Waals surface area contributed by atoms with Crippen LogP contribution in [0.25, 0.3) is 0 Å². The monoisotopic (exact) mass is 262 g/mol. The molecule has 0 spiro atoms. The number of nitrogens with zero attached hydrogens (tertiary/aromatic N) is 2. The van der Waals surface area contributed by atoms with Gasteiger partial charge in [0.2, 0.25) is 0 Å². The molecule has 1 fully saturated rings. The Hall–Kier alpha value is -1.35. The van der Waals surface area contributed by atoms with Gasteiger partial charge in [-0.05, 0) is 31.4 Å². The summed E-state index contributed by atoms with van der Waals surface area (Å²) >= 11 is 6.14. The zero-order chi connectivity index (χ0) is 12.5. The highest BCUT2D eigenvalue weighted by atomic mass is 35.5. The van der Waals surface area contributed by atoms with Gasteiger partial charge < -0.3 is 0 Å². The Kier molecular flexibility index (Phi) is 3.08. The first-order valence-electron chi connectivity index (χ1n) is 6.43. The molecule has 0 N–H and O–H groups in total. The minimum atomic E-state index is -0.0104. The minimum absolute atomic E-state index is 0.0104. The van der Waals surface area contributed by atoms with Crippen LogP contribution in [0.15, 0.2) is 29.4 Å². The predicted octanol–water partition coefficient (Wildman–Crippen LogP) is 3.62. The van der Waals surface area contributed by atoms with E-state index in [1.807, 2.05) is 18.2 Å². The lowest BCUT2D eigenvalue weighted by atomic mass is 9.98. The quantitative estimate of drug-likeness (QED) is 0.761. The normalized spacial score (nSPS) is 23.6. The molecule has 0 radical (unpaired) electrons. The number of amides is 1. The van der Waals surface area contributed by atoms with Crippen LogP contribution >= 0.6 is 11.6 Å². The molecular weight excluding hydrogens is 248 g/mol. The third-order valence-corrected chi connectivity index (χ3v) is 3.96. The first kappa shape index (κ1) is 11.7. The number of fused-ring (bicyclic) bond motifs is 1. The van der Waals surface area contributed by atoms with E-state index >= 15 is 0 Å². The van der Waals surface area contributed by atoms with Gasteiger partial charge in [0.15, 0.2) is 0 Å². The smallest absolute Gasteiger partial charge is 0.256 e. The molecule has 1 aliphatic heterocycles. The molecular formula is C14H15ClN2O. The van der Waals surface area contributed by atoms with Crippen LogP contribution in [0.4, 0.5) is 5.69 Å². The van der Waals surface area contributed by atoms with E-state index in [0.29, 0.717) is 10.7 Å². The Bertz CT molecular complexity index is 512. The van der Waals surface area contributed by atoms with Gasteiger partial charge in [0.1, 0.15) is 0 Å². The van der Waals surface area contributed by atoms with Gasteiger partial charge in [-0.15, -0.1) is 0 Å². The van der Waals surface area contributed by atoms with Crippen LogP contribution < -0.4 is 5.01 Å². The summed E-state index contributed by atoms with van der Waals surface area (Å²) in [6, 6.07) is 7.37. The van der Waals surface area contributed by atoms with Crippen molar-refractivity contribution in [1.82, 2.24) is 0 Å². The summed E-state index contributed by atoms with van der Waals surface area (Å²) in [4.78, 5) is 12.4. The highest BCUT2D eigenvalue weighted by molar-refractivity contribution is 6.34. The van der Waals surface area contributed by atoms with Crippen LogP contribution in [0, 0.1) is 5.92 Å². The van der Waals surface area contributed by atoms with Crippen molar-refractivity contribution in [2.24, 2.45) is 11.0 Å². The molecule has 1 heterocycles. The van der Waals surface area contributed by atoms with Crippen molar-refractivity contribution in [2.75, 3.05) is 5.01 Å². The Morgan fingerprint density at radius 1 is 1.22 bits per heavy atom. The summed E-state index contributed by atoms with van der Waals surface area (Å²) in [5.74, 6) is 0.0729. The summed E-state index contributed by atoms with van der Waals surface area (Å²) in [6.45, 7) is 0. The van der Waals surface area contributed by atoms with Crippen LogP contribution in [-0.4, -0.2) is 11.6 Å². The summed E-state index contributed by atoms with van der Waals surface area (Å²) in [5, 5.41) is 6.57. The average Bonchev–Trinajstić information content (AvgIpc) is 2.56. The van der Waals surface area contributed by atoms with Gasteiger partial charge in [-0.25, -0.2) is 0 Å². The molecule has 2 aliphatic rings. The fourth-order valence-electron chi connectivity index (χ4n) is 2.68. The van der Waals surface area contributed by atoms with Gasteiger partial charge in [-0.3, -0.25) is 4.79 Å². The largest absolute Gasteiger partial charge is 0.272 e. The molecule has 1 amide bonds. The summed E-state index contributed by atoms with van der Waals surface area (Å²) in [7, 11) is 0. The highest BCUT2D eigenvalue weighted by Crippen LogP contribution is 2.34. The zero-order valence-corrected chi connectivity index (χ0v) is 10.9. The van der Waals surface area contributed by atoms with Gasteiger partial charge in [0.25, 0.3) is 5.91 Å². The molecule has 1 aromatic rings. The van der Waals surface area contributed by atoms with Gasteiger partial charge in [-0.2, -0.15) is 10.1 Å². The number of para-hydroxylation sites is 1. The van der Waals surface area contributed by atoms with Gasteiger partial charge >= 0.3 is 0 Å². The Morgan fingerprint density at radius 3 is 2.89 bits per heavy atom. The molecule has 3 nitrogen and oxygen atoms in total. The molecule has 0 aromatic heterocycles. The molecule has 3 rings (SSSR count). The summed E-state index contributed by atoms with van der Waals surface area (Å²) < 4.78 is 0. The van der Waals surface area contributed by atoms with Crippen LogP contribution in [0.3, 0.4) is 0 Å². The standard InChI is InChI=1S/C14H15ClN2O/c15-11-7-4-5-9-13(11)17-14(18)10-6-2-1-3-8-12(10)16-17/h4-5,7,9-10H,1-3,6,8H2. The Morgan fingerprint density at radius 2 is 2.06 bits per heavy atom. The Labute approximate surface area is 111 Å². The predicted molar refractivity (Wildman–Crippen MR) is 72.9 cm³/mol. The molecule has 18 heavy (non-hydrogen) atoms. The fourth-order valence-corrected chi connectivity index (χ4v) is 2.90. The van der Waals surface area contributed by atoms with Crippen LogP contribution in [0.5, 0.6) is 0 Å². The minimum Gasteiger partial charge on any atom is -0.272 e. The second kappa shape index (κ2) is 4.73. The maximum atomic E-state index is 12.4. The van der Waals surface area contributed by atoms with Crippen molar-refractivity contribution in [1.29, 1.82) is 0 Å². The van der Waals surface area contributed by atoms with Crippen LogP contribution in [0.1, 0.15) is 32.1 Å². The summed E-state index contributed by atoms with van der Waals surface area (Å²) in [5.41, 5.74) is 1.74. The van der Waals surface area contributed by atoms with Crippen molar-refractivity contribution >= 4 is 28.9 Å². The van der Waals surface area contributed by atoms with E-state index in [9.17, 15) is 4.79 Å². The first-order chi connectivity index (χ1) is 8.77. The zero-order valence-electron chi connectivity index (χ0n) is 10.1. The van der Waals surface area contributed by atoms with E-state index in [4.69, 9.17) is 11.6 Å². The van der Waals surface area contributed by atoms with E-state index in [-0.39, 0.29) is 11.8 Å². The molecule has 94 valence electrons. The molecule has 1 aromatic carbocycles. The van der Waals surface area contributed by atoms with Gasteiger partial charge in [0, 0.05) is 0 Å². The molecule has 1 atom stereocenters. The number of benzene rings is 1. The molecule has 4 heteroatoms. The van der Waals surface area contributed by atoms with Crippen molar-refractivity contribution in [3.8, 4) is 0 Å². The molecule has 1 unspecified atom stereocenters. The van der Waals surface area contributed by atoms with Crippen molar-refractivity contribution in [2.45, 2.75) is 32.1 Å². The Balaban J connectivity index is 1.95. The second-order valence-corrected chi connectivity index (χ2v) is 5.25. The van der Waals surface area contributed by atoms with Gasteiger partial charge in [-0.1, -0.05) is 36.6 Å². The number of halogens is 1. The third kappa shape index (κ3) is 1.93. The summed E-state index contributed by atoms with van der Waals surface area (Å²) in [6.07, 6.45) is 5.33. The number of hydrazone groups is 1. The van der Waals surface area contributed by atoms with Crippen LogP contribution in [0.2, 0.25) is 5.02 Å². The maximum Gasteiger partial charge on any atom is 0.256 e. The molecule has 1 aliphatic carbocycles. The van der Waals surface area contributed by atoms with Crippen LogP contribution in [-0.2, 0) is 4.79 Å². The van der Waals surface area contributed by atoms with Crippen molar-refractivity contribution in [3.63, 3.8) is 0 Å². The molecule has 0 saturated heterocycles. The number of anilines is 1. The number of rotatable bonds is 1. The lowest BCUT2D eigenvalue weighted by molar-refractivity contribution is -0.119. The average molecular weight is 263 g/mol. The van der Waals surface area contributed by atoms with E-state index in [1.54, 1.807) is 6.07 Å². The van der Waals surface area contributed by atoms with Crippen molar-refractivity contribution in [3.05, 3.63) is 29.3 Å².